The number of hydrogen-bond donors (Lipinski definition) is 4. The lowest BCUT2D eigenvalue weighted by Gasteiger charge is -2.36. The second-order valence-corrected chi connectivity index (χ2v) is 12.4. The number of carbonyl (C=O) groups excluding carboxylic acids is 2. The van der Waals surface area contributed by atoms with E-state index in [1.54, 1.807) is 42.4 Å². The first-order valence-corrected chi connectivity index (χ1v) is 16.9. The Labute approximate surface area is 279 Å². The van der Waals surface area contributed by atoms with E-state index in [9.17, 15) is 14.7 Å². The number of nitrogens with two attached hydrogens (primary N) is 1. The minimum absolute atomic E-state index is 0.00705. The van der Waals surface area contributed by atoms with Crippen LogP contribution in [0, 0.1) is 0 Å². The summed E-state index contributed by atoms with van der Waals surface area (Å²) in [5, 5.41) is 16.0. The molecule has 1 aromatic heterocycles. The van der Waals surface area contributed by atoms with Gasteiger partial charge in [0.1, 0.15) is 0 Å². The molecular formula is C36H41N5O5S. The summed E-state index contributed by atoms with van der Waals surface area (Å²) in [6.45, 7) is 0.412. The molecule has 47 heavy (non-hydrogen) atoms. The van der Waals surface area contributed by atoms with Crippen molar-refractivity contribution in [3.8, 4) is 0 Å². The quantitative estimate of drug-likeness (QED) is 0.0516. The summed E-state index contributed by atoms with van der Waals surface area (Å²) in [5.74, 6) is 0.574. The van der Waals surface area contributed by atoms with Crippen LogP contribution in [0.2, 0.25) is 0 Å². The maximum Gasteiger partial charge on any atom is 0.224 e. The predicted molar refractivity (Wildman–Crippen MR) is 182 cm³/mol. The molecule has 10 nitrogen and oxygen atoms in total. The van der Waals surface area contributed by atoms with Crippen molar-refractivity contribution in [1.82, 2.24) is 15.3 Å². The molecule has 0 saturated carbocycles. The van der Waals surface area contributed by atoms with Crippen LogP contribution in [0.5, 0.6) is 0 Å². The van der Waals surface area contributed by atoms with Crippen molar-refractivity contribution in [1.29, 1.82) is 0 Å². The van der Waals surface area contributed by atoms with Crippen LogP contribution < -0.4 is 16.4 Å². The third-order valence-electron chi connectivity index (χ3n) is 7.84. The standard InChI is InChI=1S/C36H41N5O5S/c37-30-7-4-5-8-31(30)41-34(44)10-3-1-2-9-33(43)40-22-25-11-17-28(18-12-25)35-45-29(24-47-36-38-19-6-20-39-36)21-32(46-35)27-15-13-26(23-42)14-16-27/h4-8,11-20,29,32,35,42H,1-3,9-10,21-24,37H2,(H,40,43)(H,41,44)/t29-,32+,35+/m0/s1. The van der Waals surface area contributed by atoms with Crippen molar-refractivity contribution in [2.75, 3.05) is 16.8 Å². The first kappa shape index (κ1) is 34.1. The van der Waals surface area contributed by atoms with Crippen LogP contribution in [0.3, 0.4) is 0 Å². The lowest BCUT2D eigenvalue weighted by atomic mass is 10.0. The number of para-hydroxylation sites is 2. The lowest BCUT2D eigenvalue weighted by Crippen LogP contribution is -2.31. The SMILES string of the molecule is Nc1ccccc1NC(=O)CCCCCC(=O)NCc1ccc([C@@H]2O[C@H](CSc3ncccn3)C[C@H](c3ccc(CO)cc3)O2)cc1. The average Bonchev–Trinajstić information content (AvgIpc) is 3.11. The number of nitrogen functional groups attached to an aromatic ring is 1. The topological polar surface area (TPSA) is 149 Å². The Kier molecular flexibility index (Phi) is 12.7. The molecule has 1 aliphatic rings. The third kappa shape index (κ3) is 10.6. The van der Waals surface area contributed by atoms with E-state index in [0.29, 0.717) is 60.9 Å². The third-order valence-corrected chi connectivity index (χ3v) is 8.85. The number of thioether (sulfide) groups is 1. The largest absolute Gasteiger partial charge is 0.397 e. The summed E-state index contributed by atoms with van der Waals surface area (Å²) in [5.41, 5.74) is 10.8. The molecule has 0 spiro atoms. The lowest BCUT2D eigenvalue weighted by molar-refractivity contribution is -0.245. The zero-order valence-electron chi connectivity index (χ0n) is 26.2. The van der Waals surface area contributed by atoms with Crippen LogP contribution in [-0.2, 0) is 32.2 Å². The molecule has 5 N–H and O–H groups in total. The molecule has 1 fully saturated rings. The number of aliphatic hydroxyl groups excluding tert-OH is 1. The van der Waals surface area contributed by atoms with E-state index in [4.69, 9.17) is 15.2 Å². The fourth-order valence-corrected chi connectivity index (χ4v) is 6.02. The maximum absolute atomic E-state index is 12.4. The van der Waals surface area contributed by atoms with E-state index in [1.807, 2.05) is 60.7 Å². The fraction of sp³-hybridized carbons (Fsp3) is 0.333. The Bertz CT molecular complexity index is 1570. The highest BCUT2D eigenvalue weighted by Crippen LogP contribution is 2.39. The summed E-state index contributed by atoms with van der Waals surface area (Å²) >= 11 is 1.55. The minimum atomic E-state index is -0.565. The molecule has 5 rings (SSSR count). The van der Waals surface area contributed by atoms with E-state index < -0.39 is 6.29 Å². The Morgan fingerprint density at radius 3 is 2.23 bits per heavy atom. The van der Waals surface area contributed by atoms with Crippen molar-refractivity contribution in [2.45, 2.75) is 75.3 Å². The van der Waals surface area contributed by atoms with Gasteiger partial charge in [-0.2, -0.15) is 0 Å². The molecule has 1 aliphatic heterocycles. The zero-order valence-corrected chi connectivity index (χ0v) is 27.0. The van der Waals surface area contributed by atoms with Gasteiger partial charge >= 0.3 is 0 Å². The molecule has 4 aromatic rings. The van der Waals surface area contributed by atoms with Gasteiger partial charge in [0.25, 0.3) is 0 Å². The molecule has 2 amide bonds. The molecule has 0 unspecified atom stereocenters. The van der Waals surface area contributed by atoms with Crippen LogP contribution in [0.4, 0.5) is 11.4 Å². The number of unbranched alkanes of at least 4 members (excludes halogenated alkanes) is 2. The number of aromatic nitrogens is 2. The molecule has 2 heterocycles. The van der Waals surface area contributed by atoms with E-state index in [1.165, 1.54) is 0 Å². The Morgan fingerprint density at radius 1 is 0.830 bits per heavy atom. The number of benzene rings is 3. The van der Waals surface area contributed by atoms with Gasteiger partial charge in [-0.15, -0.1) is 0 Å². The summed E-state index contributed by atoms with van der Waals surface area (Å²) in [6, 6.07) is 24.7. The van der Waals surface area contributed by atoms with Gasteiger partial charge in [0, 0.05) is 49.5 Å². The number of ether oxygens (including phenoxy) is 2. The van der Waals surface area contributed by atoms with Crippen LogP contribution in [-0.4, -0.2) is 38.7 Å². The molecule has 0 radical (unpaired) electrons. The maximum atomic E-state index is 12.4. The number of aliphatic hydroxyl groups is 1. The molecule has 3 aromatic carbocycles. The Balaban J connectivity index is 1.08. The van der Waals surface area contributed by atoms with Crippen LogP contribution in [0.1, 0.15) is 73.2 Å². The zero-order chi connectivity index (χ0) is 32.8. The highest BCUT2D eigenvalue weighted by molar-refractivity contribution is 7.99. The smallest absolute Gasteiger partial charge is 0.224 e. The molecule has 0 aliphatic carbocycles. The first-order chi connectivity index (χ1) is 23.0. The molecule has 0 bridgehead atoms. The number of nitrogens with one attached hydrogen (secondary N) is 2. The van der Waals surface area contributed by atoms with Gasteiger partial charge < -0.3 is 30.9 Å². The number of amides is 2. The van der Waals surface area contributed by atoms with Gasteiger partial charge in [-0.3, -0.25) is 9.59 Å². The number of carbonyl (C=O) groups is 2. The summed E-state index contributed by atoms with van der Waals surface area (Å²) in [7, 11) is 0. The van der Waals surface area contributed by atoms with Crippen molar-refractivity contribution >= 4 is 35.0 Å². The van der Waals surface area contributed by atoms with Crippen LogP contribution >= 0.6 is 11.8 Å². The van der Waals surface area contributed by atoms with E-state index in [-0.39, 0.29) is 30.6 Å². The summed E-state index contributed by atoms with van der Waals surface area (Å²) in [6.07, 6.45) is 6.27. The molecule has 3 atom stereocenters. The monoisotopic (exact) mass is 655 g/mol. The molecular weight excluding hydrogens is 614 g/mol. The first-order valence-electron chi connectivity index (χ1n) is 15.9. The second-order valence-electron chi connectivity index (χ2n) is 11.4. The molecule has 1 saturated heterocycles. The normalized spacial score (nSPS) is 17.6. The second kappa shape index (κ2) is 17.6. The van der Waals surface area contributed by atoms with Gasteiger partial charge in [-0.1, -0.05) is 78.8 Å². The number of rotatable bonds is 15. The number of anilines is 2. The van der Waals surface area contributed by atoms with Crippen molar-refractivity contribution in [2.24, 2.45) is 0 Å². The molecule has 246 valence electrons. The van der Waals surface area contributed by atoms with E-state index in [0.717, 1.165) is 28.7 Å². The van der Waals surface area contributed by atoms with E-state index >= 15 is 0 Å². The Morgan fingerprint density at radius 2 is 1.51 bits per heavy atom. The van der Waals surface area contributed by atoms with Gasteiger partial charge in [0.2, 0.25) is 11.8 Å². The van der Waals surface area contributed by atoms with Crippen LogP contribution in [0.25, 0.3) is 0 Å². The van der Waals surface area contributed by atoms with Gasteiger partial charge in [-0.25, -0.2) is 9.97 Å². The molecule has 11 heteroatoms. The summed E-state index contributed by atoms with van der Waals surface area (Å²) in [4.78, 5) is 33.3. The fourth-order valence-electron chi connectivity index (χ4n) is 5.20. The average molecular weight is 656 g/mol. The minimum Gasteiger partial charge on any atom is -0.397 e. The highest BCUT2D eigenvalue weighted by atomic mass is 32.2. The Hall–Kier alpha value is -4.29. The van der Waals surface area contributed by atoms with Crippen molar-refractivity contribution in [3.63, 3.8) is 0 Å². The van der Waals surface area contributed by atoms with E-state index in [2.05, 4.69) is 20.6 Å². The van der Waals surface area contributed by atoms with Gasteiger partial charge in [0.15, 0.2) is 11.4 Å². The van der Waals surface area contributed by atoms with Gasteiger partial charge in [-0.05, 0) is 47.7 Å². The van der Waals surface area contributed by atoms with Crippen LogP contribution in [0.15, 0.2) is 96.4 Å². The highest BCUT2D eigenvalue weighted by Gasteiger charge is 2.32. The van der Waals surface area contributed by atoms with Gasteiger partial charge in [0.05, 0.1) is 30.2 Å². The number of nitrogens with zero attached hydrogens (tertiary/aromatic N) is 2. The number of hydrogen-bond acceptors (Lipinski definition) is 9. The van der Waals surface area contributed by atoms with Crippen molar-refractivity contribution < 1.29 is 24.2 Å². The van der Waals surface area contributed by atoms with Crippen molar-refractivity contribution in [3.05, 3.63) is 114 Å². The summed E-state index contributed by atoms with van der Waals surface area (Å²) < 4.78 is 12.8. The predicted octanol–water partition coefficient (Wildman–Crippen LogP) is 6.09.